The monoisotopic (exact) mass is 223 g/mol. The zero-order valence-corrected chi connectivity index (χ0v) is 10.2. The standard InChI is InChI=1S/C13H21NO2/c1-4-10(2)13(9-15)14-11-6-5-7-12(8-11)16-3/h5-8,10,13-15H,4,9H2,1-3H3. The fourth-order valence-electron chi connectivity index (χ4n) is 1.58. The third kappa shape index (κ3) is 3.42. The van der Waals surface area contributed by atoms with Crippen LogP contribution in [0.2, 0.25) is 0 Å². The molecule has 1 aromatic carbocycles. The number of hydrogen-bond donors (Lipinski definition) is 2. The molecule has 2 N–H and O–H groups in total. The van der Waals surface area contributed by atoms with Crippen molar-refractivity contribution in [1.82, 2.24) is 0 Å². The third-order valence-corrected chi connectivity index (χ3v) is 2.95. The fourth-order valence-corrected chi connectivity index (χ4v) is 1.58. The molecular weight excluding hydrogens is 202 g/mol. The number of ether oxygens (including phenoxy) is 1. The largest absolute Gasteiger partial charge is 0.497 e. The van der Waals surface area contributed by atoms with Crippen LogP contribution in [0.1, 0.15) is 20.3 Å². The van der Waals surface area contributed by atoms with Crippen LogP contribution >= 0.6 is 0 Å². The summed E-state index contributed by atoms with van der Waals surface area (Å²) in [4.78, 5) is 0. The molecule has 0 saturated heterocycles. The molecule has 0 bridgehead atoms. The van der Waals surface area contributed by atoms with E-state index < -0.39 is 0 Å². The van der Waals surface area contributed by atoms with Gasteiger partial charge in [0.25, 0.3) is 0 Å². The van der Waals surface area contributed by atoms with Crippen molar-refractivity contribution in [3.8, 4) is 5.75 Å². The second-order valence-electron chi connectivity index (χ2n) is 4.05. The van der Waals surface area contributed by atoms with Crippen molar-refractivity contribution in [2.75, 3.05) is 19.0 Å². The number of rotatable bonds is 6. The van der Waals surface area contributed by atoms with Crippen molar-refractivity contribution in [2.45, 2.75) is 26.3 Å². The lowest BCUT2D eigenvalue weighted by Gasteiger charge is -2.23. The zero-order valence-electron chi connectivity index (χ0n) is 10.2. The summed E-state index contributed by atoms with van der Waals surface area (Å²) in [5.74, 6) is 1.27. The molecule has 16 heavy (non-hydrogen) atoms. The smallest absolute Gasteiger partial charge is 0.120 e. The summed E-state index contributed by atoms with van der Waals surface area (Å²) in [5.41, 5.74) is 0.985. The maximum absolute atomic E-state index is 9.32. The average Bonchev–Trinajstić information content (AvgIpc) is 2.35. The van der Waals surface area contributed by atoms with E-state index in [1.54, 1.807) is 7.11 Å². The van der Waals surface area contributed by atoms with E-state index in [9.17, 15) is 5.11 Å². The van der Waals surface area contributed by atoms with Gasteiger partial charge in [-0.2, -0.15) is 0 Å². The molecule has 0 saturated carbocycles. The molecule has 0 aliphatic carbocycles. The van der Waals surface area contributed by atoms with Gasteiger partial charge in [-0.3, -0.25) is 0 Å². The highest BCUT2D eigenvalue weighted by molar-refractivity contribution is 5.48. The molecule has 2 unspecified atom stereocenters. The molecule has 0 aliphatic heterocycles. The number of nitrogens with one attached hydrogen (secondary N) is 1. The van der Waals surface area contributed by atoms with E-state index in [4.69, 9.17) is 4.74 Å². The van der Waals surface area contributed by atoms with Gasteiger partial charge in [-0.1, -0.05) is 26.3 Å². The van der Waals surface area contributed by atoms with Crippen LogP contribution in [-0.2, 0) is 0 Å². The van der Waals surface area contributed by atoms with Gasteiger partial charge in [-0.15, -0.1) is 0 Å². The van der Waals surface area contributed by atoms with Crippen LogP contribution in [-0.4, -0.2) is 24.9 Å². The fraction of sp³-hybridized carbons (Fsp3) is 0.538. The molecule has 0 amide bonds. The summed E-state index contributed by atoms with van der Waals surface area (Å²) >= 11 is 0. The van der Waals surface area contributed by atoms with E-state index in [2.05, 4.69) is 19.2 Å². The molecule has 3 heteroatoms. The Morgan fingerprint density at radius 2 is 2.19 bits per heavy atom. The lowest BCUT2D eigenvalue weighted by molar-refractivity contribution is 0.241. The molecule has 90 valence electrons. The first kappa shape index (κ1) is 12.8. The van der Waals surface area contributed by atoms with Gasteiger partial charge in [0.05, 0.1) is 19.8 Å². The summed E-state index contributed by atoms with van der Waals surface area (Å²) in [6.45, 7) is 4.40. The van der Waals surface area contributed by atoms with Gasteiger partial charge >= 0.3 is 0 Å². The molecule has 1 rings (SSSR count). The quantitative estimate of drug-likeness (QED) is 0.778. The molecule has 0 radical (unpaired) electrons. The van der Waals surface area contributed by atoms with Crippen LogP contribution in [0.25, 0.3) is 0 Å². The van der Waals surface area contributed by atoms with Gasteiger partial charge in [-0.25, -0.2) is 0 Å². The van der Waals surface area contributed by atoms with Gasteiger partial charge in [0.15, 0.2) is 0 Å². The highest BCUT2D eigenvalue weighted by Crippen LogP contribution is 2.19. The summed E-state index contributed by atoms with van der Waals surface area (Å²) in [7, 11) is 1.65. The predicted molar refractivity (Wildman–Crippen MR) is 66.9 cm³/mol. The number of benzene rings is 1. The minimum atomic E-state index is 0.0945. The Morgan fingerprint density at radius 1 is 1.44 bits per heavy atom. The van der Waals surface area contributed by atoms with E-state index >= 15 is 0 Å². The SMILES string of the molecule is CCC(C)C(CO)Nc1cccc(OC)c1. The number of aliphatic hydroxyl groups is 1. The first-order valence-electron chi connectivity index (χ1n) is 5.72. The number of aliphatic hydroxyl groups excluding tert-OH is 1. The Kier molecular flexibility index (Phi) is 5.12. The van der Waals surface area contributed by atoms with Crippen LogP contribution in [0.5, 0.6) is 5.75 Å². The highest BCUT2D eigenvalue weighted by Gasteiger charge is 2.14. The van der Waals surface area contributed by atoms with E-state index in [-0.39, 0.29) is 12.6 Å². The van der Waals surface area contributed by atoms with Crippen LogP contribution in [0.4, 0.5) is 5.69 Å². The Hall–Kier alpha value is -1.22. The summed E-state index contributed by atoms with van der Waals surface area (Å²) in [6.07, 6.45) is 1.04. The molecule has 0 aromatic heterocycles. The Labute approximate surface area is 97.4 Å². The summed E-state index contributed by atoms with van der Waals surface area (Å²) < 4.78 is 5.15. The lowest BCUT2D eigenvalue weighted by atomic mass is 9.99. The predicted octanol–water partition coefficient (Wildman–Crippen LogP) is 2.51. The van der Waals surface area contributed by atoms with E-state index in [1.165, 1.54) is 0 Å². The Bertz CT molecular complexity index is 315. The molecular formula is C13H21NO2. The molecule has 0 spiro atoms. The molecule has 2 atom stereocenters. The van der Waals surface area contributed by atoms with Crippen molar-refractivity contribution >= 4 is 5.69 Å². The average molecular weight is 223 g/mol. The van der Waals surface area contributed by atoms with Crippen molar-refractivity contribution in [1.29, 1.82) is 0 Å². The van der Waals surface area contributed by atoms with Gasteiger partial charge < -0.3 is 15.2 Å². The Morgan fingerprint density at radius 3 is 2.75 bits per heavy atom. The highest BCUT2D eigenvalue weighted by atomic mass is 16.5. The van der Waals surface area contributed by atoms with Gasteiger partial charge in [-0.05, 0) is 18.1 Å². The molecule has 0 aliphatic rings. The third-order valence-electron chi connectivity index (χ3n) is 2.95. The van der Waals surface area contributed by atoms with Crippen molar-refractivity contribution in [2.24, 2.45) is 5.92 Å². The second-order valence-corrected chi connectivity index (χ2v) is 4.05. The molecule has 3 nitrogen and oxygen atoms in total. The number of methoxy groups -OCH3 is 1. The van der Waals surface area contributed by atoms with E-state index in [0.717, 1.165) is 17.9 Å². The van der Waals surface area contributed by atoms with Crippen LogP contribution in [0, 0.1) is 5.92 Å². The molecule has 0 fully saturated rings. The second kappa shape index (κ2) is 6.38. The summed E-state index contributed by atoms with van der Waals surface area (Å²) in [6, 6.07) is 7.85. The zero-order chi connectivity index (χ0) is 12.0. The van der Waals surface area contributed by atoms with Gasteiger partial charge in [0, 0.05) is 11.8 Å². The van der Waals surface area contributed by atoms with Gasteiger partial charge in [0.1, 0.15) is 5.75 Å². The first-order valence-corrected chi connectivity index (χ1v) is 5.72. The van der Waals surface area contributed by atoms with Crippen LogP contribution in [0.3, 0.4) is 0 Å². The van der Waals surface area contributed by atoms with Crippen molar-refractivity contribution < 1.29 is 9.84 Å². The van der Waals surface area contributed by atoms with E-state index in [0.29, 0.717) is 5.92 Å². The normalized spacial score (nSPS) is 14.2. The van der Waals surface area contributed by atoms with E-state index in [1.807, 2.05) is 24.3 Å². The van der Waals surface area contributed by atoms with Crippen LogP contribution in [0.15, 0.2) is 24.3 Å². The van der Waals surface area contributed by atoms with Crippen molar-refractivity contribution in [3.05, 3.63) is 24.3 Å². The Balaban J connectivity index is 2.69. The van der Waals surface area contributed by atoms with Gasteiger partial charge in [0.2, 0.25) is 0 Å². The lowest BCUT2D eigenvalue weighted by Crippen LogP contribution is -2.30. The molecule has 1 aromatic rings. The van der Waals surface area contributed by atoms with Crippen molar-refractivity contribution in [3.63, 3.8) is 0 Å². The first-order chi connectivity index (χ1) is 7.71. The topological polar surface area (TPSA) is 41.5 Å². The number of hydrogen-bond acceptors (Lipinski definition) is 3. The maximum Gasteiger partial charge on any atom is 0.120 e. The molecule has 0 heterocycles. The summed E-state index contributed by atoms with van der Waals surface area (Å²) in [5, 5.41) is 12.6. The minimum absolute atomic E-state index is 0.0945. The maximum atomic E-state index is 9.32. The number of anilines is 1. The van der Waals surface area contributed by atoms with Crippen LogP contribution < -0.4 is 10.1 Å². The minimum Gasteiger partial charge on any atom is -0.497 e.